The van der Waals surface area contributed by atoms with E-state index in [1.807, 2.05) is 25.1 Å². The highest BCUT2D eigenvalue weighted by Gasteiger charge is 2.45. The summed E-state index contributed by atoms with van der Waals surface area (Å²) >= 11 is 4.07. The molecule has 4 aliphatic heterocycles. The first-order valence-corrected chi connectivity index (χ1v) is 38.7. The topological polar surface area (TPSA) is 463 Å². The van der Waals surface area contributed by atoms with Crippen LogP contribution in [0.5, 0.6) is 5.75 Å². The number of nitrogens with zero attached hydrogens (tertiary/aromatic N) is 6. The lowest BCUT2D eigenvalue weighted by atomic mass is 10.0. The highest BCUT2D eigenvalue weighted by Crippen LogP contribution is 2.29. The molecule has 0 aliphatic carbocycles. The third-order valence-electron chi connectivity index (χ3n) is 18.1. The van der Waals surface area contributed by atoms with Crippen molar-refractivity contribution >= 4 is 106 Å². The SMILES string of the molecule is CCCCCC(=O)N[C@H]1CSCc2cc(CSCCNC(=O)COc3ccc4nc3CN(CC(=O)O)CCN(CC(=O)O)CCN(CC(=O)O)C4)cc(c2)CSCC(C(=O)O)NC(=O)[C@H](Cc2ccccc2)NC(=O)[C@H](CCC(N)=O)NC(O)[C@H]([C@@H](C)O)NC(=O)[C@@H]2CCCN2C(=O)[C@@H]2CCCN2C1=O. The number of thioether (sulfide) groups is 3. The summed E-state index contributed by atoms with van der Waals surface area (Å²) in [5.74, 6) is -8.34. The Morgan fingerprint density at radius 1 is 0.695 bits per heavy atom. The molecule has 0 radical (unpaired) electrons. The van der Waals surface area contributed by atoms with Crippen LogP contribution in [0.15, 0.2) is 60.7 Å². The Morgan fingerprint density at radius 2 is 1.31 bits per heavy atom. The van der Waals surface area contributed by atoms with Gasteiger partial charge in [0.2, 0.25) is 41.4 Å². The van der Waals surface area contributed by atoms with Crippen molar-refractivity contribution in [1.29, 1.82) is 0 Å². The van der Waals surface area contributed by atoms with Crippen molar-refractivity contribution in [2.75, 3.05) is 89.3 Å². The number of hydrogen-bond acceptors (Lipinski definition) is 23. The first-order chi connectivity index (χ1) is 50.2. The number of nitrogens with one attached hydrogen (secondary N) is 6. The summed E-state index contributed by atoms with van der Waals surface area (Å²) in [4.78, 5) is 173. The van der Waals surface area contributed by atoms with Crippen LogP contribution in [0.1, 0.15) is 112 Å². The second-order valence-electron chi connectivity index (χ2n) is 26.6. The van der Waals surface area contributed by atoms with E-state index in [9.17, 15) is 88.2 Å². The summed E-state index contributed by atoms with van der Waals surface area (Å²) in [5.41, 5.74) is 9.26. The van der Waals surface area contributed by atoms with Crippen LogP contribution in [0.4, 0.5) is 0 Å². The van der Waals surface area contributed by atoms with Crippen molar-refractivity contribution in [1.82, 2.24) is 61.4 Å². The fraction of sp³-hybridized carbons (Fsp3) is 0.586. The van der Waals surface area contributed by atoms with Crippen LogP contribution in [-0.2, 0) is 94.3 Å². The van der Waals surface area contributed by atoms with Crippen LogP contribution in [0.2, 0.25) is 0 Å². The fourth-order valence-corrected chi connectivity index (χ4v) is 15.6. The number of carbonyl (C=O) groups excluding carboxylic acids is 8. The van der Waals surface area contributed by atoms with E-state index in [0.717, 1.165) is 29.5 Å². The Balaban J connectivity index is 1.12. The van der Waals surface area contributed by atoms with Crippen molar-refractivity contribution in [3.63, 3.8) is 0 Å². The van der Waals surface area contributed by atoms with Crippen LogP contribution in [-0.4, -0.2) is 275 Å². The molecule has 2 aromatic carbocycles. The number of aliphatic carboxylic acids is 4. The molecule has 14 N–H and O–H groups in total. The predicted molar refractivity (Wildman–Crippen MR) is 390 cm³/mol. The normalized spacial score (nSPS) is 23.1. The van der Waals surface area contributed by atoms with Gasteiger partial charge in [0.05, 0.1) is 49.2 Å². The molecule has 2 fully saturated rings. The van der Waals surface area contributed by atoms with E-state index < -0.39 is 139 Å². The Labute approximate surface area is 622 Å². The van der Waals surface area contributed by atoms with Gasteiger partial charge in [-0.2, -0.15) is 35.3 Å². The number of primary amides is 1. The number of carboxylic acid groups (broad SMARTS) is 4. The number of nitrogens with two attached hydrogens (primary N) is 1. The molecule has 2 saturated heterocycles. The number of aliphatic hydroxyl groups excluding tert-OH is 2. The summed E-state index contributed by atoms with van der Waals surface area (Å²) < 4.78 is 5.99. The number of amides is 8. The van der Waals surface area contributed by atoms with E-state index in [4.69, 9.17) is 15.5 Å². The smallest absolute Gasteiger partial charge is 0.327 e. The lowest BCUT2D eigenvalue weighted by molar-refractivity contribution is -0.148. The van der Waals surface area contributed by atoms with E-state index in [1.165, 1.54) is 52.0 Å². The predicted octanol–water partition coefficient (Wildman–Crippen LogP) is -0.0849. The molecule has 9 atom stereocenters. The molecule has 105 heavy (non-hydrogen) atoms. The first kappa shape index (κ1) is 84.1. The monoisotopic (exact) mass is 1520 g/mol. The molecule has 4 bridgehead atoms. The number of ether oxygens (including phenoxy) is 1. The van der Waals surface area contributed by atoms with Gasteiger partial charge >= 0.3 is 23.9 Å². The largest absolute Gasteiger partial charge is 0.482 e. The quantitative estimate of drug-likeness (QED) is 0.0467. The zero-order chi connectivity index (χ0) is 76.1. The molecule has 576 valence electrons. The number of pyridine rings is 1. The molecule has 7 rings (SSSR count). The second-order valence-corrected chi connectivity index (χ2v) is 29.7. The lowest BCUT2D eigenvalue weighted by Crippen LogP contribution is -2.63. The molecular weight excluding hydrogens is 1420 g/mol. The van der Waals surface area contributed by atoms with Crippen LogP contribution in [0.3, 0.4) is 0 Å². The Hall–Kier alpha value is -8.16. The highest BCUT2D eigenvalue weighted by molar-refractivity contribution is 7.99. The molecule has 3 aromatic rings. The molecule has 5 heterocycles. The zero-order valence-corrected chi connectivity index (χ0v) is 61.6. The van der Waals surface area contributed by atoms with Crippen molar-refractivity contribution in [2.45, 2.75) is 169 Å². The lowest BCUT2D eigenvalue weighted by Gasteiger charge is -2.34. The fourth-order valence-electron chi connectivity index (χ4n) is 12.8. The minimum Gasteiger partial charge on any atom is -0.482 e. The molecule has 1 aromatic heterocycles. The van der Waals surface area contributed by atoms with E-state index in [-0.39, 0.29) is 139 Å². The highest BCUT2D eigenvalue weighted by atomic mass is 32.2. The minimum absolute atomic E-state index is 0.0548. The van der Waals surface area contributed by atoms with Crippen LogP contribution >= 0.6 is 35.3 Å². The summed E-state index contributed by atoms with van der Waals surface area (Å²) in [6.45, 7) is 2.91. The maximum absolute atomic E-state index is 14.9. The number of fused-ring (bicyclic) bond motifs is 6. The molecule has 35 heteroatoms. The van der Waals surface area contributed by atoms with Gasteiger partial charge in [-0.1, -0.05) is 68.3 Å². The van der Waals surface area contributed by atoms with Gasteiger partial charge in [-0.3, -0.25) is 77.7 Å². The van der Waals surface area contributed by atoms with Crippen molar-refractivity contribution in [2.24, 2.45) is 5.73 Å². The van der Waals surface area contributed by atoms with Gasteiger partial charge in [-0.05, 0) is 79.8 Å². The van der Waals surface area contributed by atoms with Gasteiger partial charge < -0.3 is 77.5 Å². The number of unbranched alkanes of at least 4 members (excludes halogenated alkanes) is 2. The van der Waals surface area contributed by atoms with Gasteiger partial charge in [-0.25, -0.2) is 4.79 Å². The Kier molecular flexibility index (Phi) is 34.3. The summed E-state index contributed by atoms with van der Waals surface area (Å²) in [7, 11) is 0. The van der Waals surface area contributed by atoms with Crippen LogP contribution in [0, 0.1) is 0 Å². The van der Waals surface area contributed by atoms with E-state index in [1.54, 1.807) is 57.2 Å². The van der Waals surface area contributed by atoms with Gasteiger partial charge in [0.15, 0.2) is 6.61 Å². The molecule has 0 spiro atoms. The molecule has 0 saturated carbocycles. The average molecular weight is 1520 g/mol. The van der Waals surface area contributed by atoms with Crippen LogP contribution in [0.25, 0.3) is 0 Å². The van der Waals surface area contributed by atoms with E-state index in [2.05, 4.69) is 31.9 Å². The number of carbonyl (C=O) groups is 12. The number of hydrogen-bond donors (Lipinski definition) is 13. The maximum atomic E-state index is 14.9. The number of carboxylic acids is 4. The van der Waals surface area contributed by atoms with Crippen LogP contribution < -0.4 is 42.4 Å². The summed E-state index contributed by atoms with van der Waals surface area (Å²) in [6.07, 6.45) is -0.561. The standard InChI is InChI=1S/C70H99N13O19S3/c1-3-4-6-15-58(86)74-52-41-104-39-46-28-45(38-103-27-20-72-59(87)37-102-56-18-16-48-32-80(35-61(90)91)25-23-79(34-60(88)89)24-26-81(36-62(92)93)33-51(56)73-48)29-47(30-46)40-105-42-53(70(100)101)77-65(95)50(31-44-11-7-5-8-12-44)76-64(94)49(17-19-57(71)85)75-67(97)63(43(2)84)78-66(96)54-13-9-21-82(54)69(99)55-14-10-22-83(55)68(52)98/h5,7-8,11-12,16,18,28-30,43,49-50,52-55,63,67,75,84,97H,3-4,6,9-10,13-15,17,19-27,31-42H2,1-2H3,(H2,71,85)(H,72,87)(H,74,86)(H,76,94)(H,77,95)(H,78,96)(H,88,89)(H,90,91)(H,92,93)(H,100,101)/t43-,49+,50+,52+,53?,54+,55+,63+,67?/m1/s1. The van der Waals surface area contributed by atoms with Gasteiger partial charge in [0, 0.05) is 113 Å². The van der Waals surface area contributed by atoms with E-state index in [0.29, 0.717) is 47.8 Å². The van der Waals surface area contributed by atoms with Crippen molar-refractivity contribution < 1.29 is 92.9 Å². The minimum atomic E-state index is -1.90. The molecule has 2 unspecified atom stereocenters. The molecule has 4 aliphatic rings. The Bertz CT molecular complexity index is 3490. The molecular formula is C70H99N13O19S3. The summed E-state index contributed by atoms with van der Waals surface area (Å²) in [6, 6.07) is 8.49. The molecule has 32 nitrogen and oxygen atoms in total. The van der Waals surface area contributed by atoms with Crippen molar-refractivity contribution in [3.05, 3.63) is 94.3 Å². The second kappa shape index (κ2) is 42.8. The number of aliphatic hydroxyl groups is 2. The third-order valence-corrected chi connectivity index (χ3v) is 21.3. The number of benzene rings is 2. The van der Waals surface area contributed by atoms with Gasteiger partial charge in [0.25, 0.3) is 5.91 Å². The average Bonchev–Trinajstić information content (AvgIpc) is 1.79. The number of aromatic nitrogens is 1. The van der Waals surface area contributed by atoms with Gasteiger partial charge in [0.1, 0.15) is 42.2 Å². The third kappa shape index (κ3) is 27.9. The first-order valence-electron chi connectivity index (χ1n) is 35.3. The summed E-state index contributed by atoms with van der Waals surface area (Å²) in [5, 5.41) is 78.9. The van der Waals surface area contributed by atoms with Gasteiger partial charge in [-0.15, -0.1) is 0 Å². The Morgan fingerprint density at radius 3 is 1.95 bits per heavy atom. The van der Waals surface area contributed by atoms with E-state index >= 15 is 0 Å². The number of rotatable bonds is 26. The zero-order valence-electron chi connectivity index (χ0n) is 59.2. The molecule has 8 amide bonds. The van der Waals surface area contributed by atoms with Crippen molar-refractivity contribution in [3.8, 4) is 5.75 Å². The maximum Gasteiger partial charge on any atom is 0.327 e.